The van der Waals surface area contributed by atoms with Gasteiger partial charge in [0, 0.05) is 17.1 Å². The normalized spacial score (nSPS) is 13.0. The van der Waals surface area contributed by atoms with Crippen LogP contribution in [0.25, 0.3) is 0 Å². The van der Waals surface area contributed by atoms with Crippen LogP contribution < -0.4 is 0 Å². The molecule has 0 aromatic carbocycles. The molecule has 0 amide bonds. The molecule has 150 valence electrons. The van der Waals surface area contributed by atoms with Gasteiger partial charge in [-0.05, 0) is 13.3 Å². The standard InChI is InChI=1S/C18H30O8/c1-5-15(14(4)17(20)21)16(12-26-18(22)13(2)3)25-11-10-24-9-8-23-7-6-19/h15-16,19H,2,4-12H2,1,3H3,(H,20,21). The van der Waals surface area contributed by atoms with E-state index in [9.17, 15) is 14.7 Å². The summed E-state index contributed by atoms with van der Waals surface area (Å²) in [5.74, 6) is -2.18. The highest BCUT2D eigenvalue weighted by atomic mass is 16.6. The number of aliphatic hydroxyl groups is 1. The average molecular weight is 374 g/mol. The third kappa shape index (κ3) is 10.3. The zero-order chi connectivity index (χ0) is 19.9. The van der Waals surface area contributed by atoms with E-state index in [0.717, 1.165) is 0 Å². The topological polar surface area (TPSA) is 112 Å². The Morgan fingerprint density at radius 2 is 1.62 bits per heavy atom. The van der Waals surface area contributed by atoms with Crippen molar-refractivity contribution in [1.82, 2.24) is 0 Å². The number of rotatable bonds is 16. The Morgan fingerprint density at radius 3 is 2.12 bits per heavy atom. The van der Waals surface area contributed by atoms with Gasteiger partial charge in [0.1, 0.15) is 6.61 Å². The van der Waals surface area contributed by atoms with Crippen molar-refractivity contribution in [2.24, 2.45) is 5.92 Å². The Kier molecular flexibility index (Phi) is 13.5. The molecule has 2 atom stereocenters. The largest absolute Gasteiger partial charge is 0.478 e. The minimum atomic E-state index is -1.12. The molecule has 8 nitrogen and oxygen atoms in total. The Balaban J connectivity index is 4.52. The van der Waals surface area contributed by atoms with E-state index in [1.807, 2.05) is 6.92 Å². The minimum absolute atomic E-state index is 0.00203. The molecule has 0 fully saturated rings. The fraction of sp³-hybridized carbons (Fsp3) is 0.667. The molecule has 0 rings (SSSR count). The lowest BCUT2D eigenvalue weighted by Gasteiger charge is -2.26. The zero-order valence-corrected chi connectivity index (χ0v) is 15.6. The highest BCUT2D eigenvalue weighted by Crippen LogP contribution is 2.21. The summed E-state index contributed by atoms with van der Waals surface area (Å²) < 4.78 is 21.2. The number of hydrogen-bond donors (Lipinski definition) is 2. The first-order chi connectivity index (χ1) is 12.3. The van der Waals surface area contributed by atoms with Gasteiger partial charge in [-0.25, -0.2) is 9.59 Å². The molecule has 0 aromatic rings. The Morgan fingerprint density at radius 1 is 1.04 bits per heavy atom. The van der Waals surface area contributed by atoms with E-state index in [-0.39, 0.29) is 44.2 Å². The second kappa shape index (κ2) is 14.4. The smallest absolute Gasteiger partial charge is 0.333 e. The molecule has 26 heavy (non-hydrogen) atoms. The summed E-state index contributed by atoms with van der Waals surface area (Å²) in [5.41, 5.74) is 0.252. The lowest BCUT2D eigenvalue weighted by molar-refractivity contribution is -0.145. The zero-order valence-electron chi connectivity index (χ0n) is 15.6. The Hall–Kier alpha value is -1.74. The maximum absolute atomic E-state index is 11.6. The van der Waals surface area contributed by atoms with Crippen molar-refractivity contribution in [3.05, 3.63) is 24.3 Å². The van der Waals surface area contributed by atoms with Gasteiger partial charge in [-0.2, -0.15) is 0 Å². The molecule has 0 saturated heterocycles. The Bertz CT molecular complexity index is 460. The van der Waals surface area contributed by atoms with Gasteiger partial charge < -0.3 is 29.2 Å². The fourth-order valence-electron chi connectivity index (χ4n) is 2.10. The maximum atomic E-state index is 11.6. The predicted octanol–water partition coefficient (Wildman–Crippen LogP) is 1.18. The van der Waals surface area contributed by atoms with Crippen molar-refractivity contribution in [3.8, 4) is 0 Å². The molecule has 0 saturated carbocycles. The van der Waals surface area contributed by atoms with Crippen LogP contribution in [0.5, 0.6) is 0 Å². The van der Waals surface area contributed by atoms with E-state index in [2.05, 4.69) is 13.2 Å². The van der Waals surface area contributed by atoms with Crippen molar-refractivity contribution >= 4 is 11.9 Å². The first kappa shape index (κ1) is 24.3. The SMILES string of the molecule is C=C(C)C(=O)OCC(OCCOCCOCCO)C(CC)C(=C)C(=O)O. The summed E-state index contributed by atoms with van der Waals surface area (Å²) in [6.45, 7) is 11.7. The van der Waals surface area contributed by atoms with Crippen LogP contribution in [-0.2, 0) is 28.5 Å². The second-order valence-electron chi connectivity index (χ2n) is 5.58. The summed E-state index contributed by atoms with van der Waals surface area (Å²) in [6, 6.07) is 0. The van der Waals surface area contributed by atoms with Gasteiger partial charge in [0.15, 0.2) is 0 Å². The second-order valence-corrected chi connectivity index (χ2v) is 5.58. The van der Waals surface area contributed by atoms with Crippen molar-refractivity contribution in [2.45, 2.75) is 26.4 Å². The molecule has 2 unspecified atom stereocenters. The molecular weight excluding hydrogens is 344 g/mol. The van der Waals surface area contributed by atoms with Crippen molar-refractivity contribution < 1.29 is 38.7 Å². The molecule has 8 heteroatoms. The summed E-state index contributed by atoms with van der Waals surface area (Å²) >= 11 is 0. The van der Waals surface area contributed by atoms with Gasteiger partial charge in [-0.1, -0.05) is 20.1 Å². The summed E-state index contributed by atoms with van der Waals surface area (Å²) in [6.07, 6.45) is -0.183. The van der Waals surface area contributed by atoms with Crippen LogP contribution in [0.4, 0.5) is 0 Å². The van der Waals surface area contributed by atoms with Gasteiger partial charge in [0.25, 0.3) is 0 Å². The minimum Gasteiger partial charge on any atom is -0.478 e. The lowest BCUT2D eigenvalue weighted by Crippen LogP contribution is -2.34. The number of hydrogen-bond acceptors (Lipinski definition) is 7. The van der Waals surface area contributed by atoms with Crippen molar-refractivity contribution in [1.29, 1.82) is 0 Å². The highest BCUT2D eigenvalue weighted by Gasteiger charge is 2.28. The molecule has 0 aliphatic rings. The number of esters is 1. The highest BCUT2D eigenvalue weighted by molar-refractivity contribution is 5.87. The number of aliphatic carboxylic acids is 1. The first-order valence-electron chi connectivity index (χ1n) is 8.47. The number of carbonyl (C=O) groups is 2. The van der Waals surface area contributed by atoms with E-state index in [4.69, 9.17) is 24.1 Å². The molecule has 0 bridgehead atoms. The average Bonchev–Trinajstić information content (AvgIpc) is 2.60. The molecule has 0 aromatic heterocycles. The van der Waals surface area contributed by atoms with Gasteiger partial charge >= 0.3 is 11.9 Å². The van der Waals surface area contributed by atoms with E-state index in [1.54, 1.807) is 0 Å². The quantitative estimate of drug-likeness (QED) is 0.235. The van der Waals surface area contributed by atoms with Gasteiger partial charge in [0.05, 0.1) is 45.7 Å². The number of carboxylic acids is 1. The van der Waals surface area contributed by atoms with E-state index in [1.165, 1.54) is 6.92 Å². The summed E-state index contributed by atoms with van der Waals surface area (Å²) in [5, 5.41) is 17.8. The molecule has 0 spiro atoms. The summed E-state index contributed by atoms with van der Waals surface area (Å²) in [7, 11) is 0. The number of carboxylic acid groups (broad SMARTS) is 1. The number of ether oxygens (including phenoxy) is 4. The molecule has 0 heterocycles. The van der Waals surface area contributed by atoms with Crippen LogP contribution in [0.3, 0.4) is 0 Å². The van der Waals surface area contributed by atoms with Crippen LogP contribution in [0.1, 0.15) is 20.3 Å². The van der Waals surface area contributed by atoms with E-state index < -0.39 is 24.0 Å². The monoisotopic (exact) mass is 374 g/mol. The molecular formula is C18H30O8. The van der Waals surface area contributed by atoms with Crippen LogP contribution >= 0.6 is 0 Å². The van der Waals surface area contributed by atoms with Gasteiger partial charge in [0.2, 0.25) is 0 Å². The summed E-state index contributed by atoms with van der Waals surface area (Å²) in [4.78, 5) is 22.8. The van der Waals surface area contributed by atoms with Crippen LogP contribution in [0, 0.1) is 5.92 Å². The molecule has 0 radical (unpaired) electrons. The maximum Gasteiger partial charge on any atom is 0.333 e. The molecule has 0 aliphatic carbocycles. The van der Waals surface area contributed by atoms with Gasteiger partial charge in [-0.15, -0.1) is 0 Å². The molecule has 2 N–H and O–H groups in total. The van der Waals surface area contributed by atoms with E-state index >= 15 is 0 Å². The molecule has 0 aliphatic heterocycles. The fourth-order valence-corrected chi connectivity index (χ4v) is 2.10. The third-order valence-electron chi connectivity index (χ3n) is 3.51. The Labute approximate surface area is 154 Å². The number of carbonyl (C=O) groups excluding carboxylic acids is 1. The van der Waals surface area contributed by atoms with Crippen LogP contribution in [-0.4, -0.2) is 74.5 Å². The van der Waals surface area contributed by atoms with Crippen molar-refractivity contribution in [2.75, 3.05) is 46.2 Å². The van der Waals surface area contributed by atoms with Crippen molar-refractivity contribution in [3.63, 3.8) is 0 Å². The number of aliphatic hydroxyl groups excluding tert-OH is 1. The van der Waals surface area contributed by atoms with Gasteiger partial charge in [-0.3, -0.25) is 0 Å². The third-order valence-corrected chi connectivity index (χ3v) is 3.51. The lowest BCUT2D eigenvalue weighted by atomic mass is 9.92. The van der Waals surface area contributed by atoms with Crippen LogP contribution in [0.15, 0.2) is 24.3 Å². The first-order valence-corrected chi connectivity index (χ1v) is 8.47. The van der Waals surface area contributed by atoms with E-state index in [0.29, 0.717) is 19.6 Å². The van der Waals surface area contributed by atoms with Crippen LogP contribution in [0.2, 0.25) is 0 Å². The predicted molar refractivity (Wildman–Crippen MR) is 94.8 cm³/mol.